The van der Waals surface area contributed by atoms with Gasteiger partial charge in [-0.05, 0) is 18.6 Å². The van der Waals surface area contributed by atoms with Gasteiger partial charge in [-0.3, -0.25) is 0 Å². The van der Waals surface area contributed by atoms with Gasteiger partial charge in [0.2, 0.25) is 0 Å². The van der Waals surface area contributed by atoms with Gasteiger partial charge in [-0.15, -0.1) is 23.4 Å². The van der Waals surface area contributed by atoms with Crippen LogP contribution in [-0.2, 0) is 22.4 Å². The average Bonchev–Trinajstić information content (AvgIpc) is 1.86. The van der Waals surface area contributed by atoms with E-state index in [1.54, 1.807) is 0 Å². The summed E-state index contributed by atoms with van der Waals surface area (Å²) in [5.41, 5.74) is 0. The quantitative estimate of drug-likeness (QED) is 0.487. The molecule has 3 heteroatoms. The van der Waals surface area contributed by atoms with E-state index in [4.69, 9.17) is 11.6 Å². The first-order valence-corrected chi connectivity index (χ1v) is 3.64. The molecule has 46 valence electrons. The molecule has 0 aromatic rings. The number of halogens is 1. The second-order valence-electron chi connectivity index (χ2n) is 1.42. The van der Waals surface area contributed by atoms with Gasteiger partial charge in [0.15, 0.2) is 0 Å². The van der Waals surface area contributed by atoms with Crippen LogP contribution >= 0.6 is 23.4 Å². The molecule has 1 saturated heterocycles. The molecule has 0 radical (unpaired) electrons. The Labute approximate surface area is 68.9 Å². The van der Waals surface area contributed by atoms with E-state index in [0.717, 1.165) is 0 Å². The molecule has 7 heavy (non-hydrogen) atoms. The smallest absolute Gasteiger partial charge is 0.142 e. The van der Waals surface area contributed by atoms with Crippen LogP contribution in [0.15, 0.2) is 0 Å². The van der Waals surface area contributed by atoms with E-state index in [1.165, 1.54) is 18.6 Å². The van der Waals surface area contributed by atoms with Crippen molar-refractivity contribution in [2.45, 2.75) is 17.6 Å². The maximum atomic E-state index is 5.68. The van der Waals surface area contributed by atoms with Gasteiger partial charge >= 0.3 is 22.4 Å². The van der Waals surface area contributed by atoms with Crippen molar-refractivity contribution in [2.75, 3.05) is 5.75 Å². The Hall–Kier alpha value is 1.38. The predicted molar refractivity (Wildman–Crippen MR) is 31.3 cm³/mol. The van der Waals surface area contributed by atoms with E-state index >= 15 is 0 Å². The van der Waals surface area contributed by atoms with Gasteiger partial charge in [-0.1, -0.05) is 0 Å². The van der Waals surface area contributed by atoms with Crippen molar-refractivity contribution in [3.63, 3.8) is 0 Å². The number of thioether (sulfide) groups is 1. The molecule has 1 heterocycles. The first-order chi connectivity index (χ1) is 2.89. The summed E-state index contributed by atoms with van der Waals surface area (Å²) in [6, 6.07) is 0. The molecule has 1 aliphatic rings. The van der Waals surface area contributed by atoms with E-state index < -0.39 is 0 Å². The van der Waals surface area contributed by atoms with Crippen LogP contribution in [0.3, 0.4) is 0 Å². The molecule has 0 aliphatic carbocycles. The second kappa shape index (κ2) is 4.28. The molecule has 1 aliphatic heterocycles. The number of hydrogen-bond donors (Lipinski definition) is 0. The van der Waals surface area contributed by atoms with Crippen LogP contribution in [0.5, 0.6) is 0 Å². The Morgan fingerprint density at radius 2 is 2.29 bits per heavy atom. The standard InChI is InChI=1S/C4H7ClS.Au/c5-4-2-1-3-6-4;/h4H,1-3H2;/q;+1. The zero-order chi connectivity index (χ0) is 4.41. The minimum Gasteiger partial charge on any atom is -0.142 e. The fourth-order valence-electron chi connectivity index (χ4n) is 0.538. The predicted octanol–water partition coefficient (Wildman–Crippen LogP) is 2.08. The summed E-state index contributed by atoms with van der Waals surface area (Å²) in [6.07, 6.45) is 2.53. The topological polar surface area (TPSA) is 0 Å². The Morgan fingerprint density at radius 3 is 2.43 bits per heavy atom. The van der Waals surface area contributed by atoms with Crippen molar-refractivity contribution in [1.29, 1.82) is 0 Å². The van der Waals surface area contributed by atoms with Crippen LogP contribution < -0.4 is 0 Å². The summed E-state index contributed by atoms with van der Waals surface area (Å²) < 4.78 is 0.435. The van der Waals surface area contributed by atoms with E-state index in [2.05, 4.69) is 0 Å². The van der Waals surface area contributed by atoms with Gasteiger partial charge in [0.1, 0.15) is 0 Å². The fraction of sp³-hybridized carbons (Fsp3) is 1.00. The van der Waals surface area contributed by atoms with E-state index in [0.29, 0.717) is 4.71 Å². The molecule has 0 nitrogen and oxygen atoms in total. The molecular formula is C4H7AuClS+. The largest absolute Gasteiger partial charge is 1.00 e. The van der Waals surface area contributed by atoms with Gasteiger partial charge in [-0.2, -0.15) is 0 Å². The molecule has 1 fully saturated rings. The molecule has 0 saturated carbocycles. The van der Waals surface area contributed by atoms with Crippen molar-refractivity contribution in [1.82, 2.24) is 0 Å². The van der Waals surface area contributed by atoms with Gasteiger partial charge in [0.25, 0.3) is 0 Å². The molecule has 1 unspecified atom stereocenters. The summed E-state index contributed by atoms with van der Waals surface area (Å²) in [7, 11) is 0. The summed E-state index contributed by atoms with van der Waals surface area (Å²) in [6.45, 7) is 0. The molecule has 0 bridgehead atoms. The molecule has 0 aromatic heterocycles. The van der Waals surface area contributed by atoms with Crippen molar-refractivity contribution < 1.29 is 22.4 Å². The SMILES string of the molecule is ClC1CCCS1.[Au+]. The van der Waals surface area contributed by atoms with Crippen LogP contribution in [0.2, 0.25) is 0 Å². The molecule has 1 atom stereocenters. The Bertz CT molecular complexity index is 45.0. The average molecular weight is 320 g/mol. The molecule has 0 amide bonds. The summed E-state index contributed by atoms with van der Waals surface area (Å²) in [5, 5.41) is 0. The fourth-order valence-corrected chi connectivity index (χ4v) is 1.88. The second-order valence-corrected chi connectivity index (χ2v) is 3.52. The van der Waals surface area contributed by atoms with Gasteiger partial charge in [0, 0.05) is 0 Å². The van der Waals surface area contributed by atoms with E-state index in [1.807, 2.05) is 11.8 Å². The van der Waals surface area contributed by atoms with Gasteiger partial charge in [-0.25, -0.2) is 0 Å². The molecule has 0 N–H and O–H groups in total. The minimum atomic E-state index is 0. The Balaban J connectivity index is 0.000000360. The molecule has 0 spiro atoms. The first kappa shape index (κ1) is 8.38. The molecular weight excluding hydrogens is 313 g/mol. The zero-order valence-electron chi connectivity index (χ0n) is 3.79. The molecule has 1 rings (SSSR count). The monoisotopic (exact) mass is 319 g/mol. The van der Waals surface area contributed by atoms with Crippen molar-refractivity contribution in [3.8, 4) is 0 Å². The first-order valence-electron chi connectivity index (χ1n) is 2.15. The maximum absolute atomic E-state index is 5.68. The van der Waals surface area contributed by atoms with Crippen molar-refractivity contribution in [2.24, 2.45) is 0 Å². The van der Waals surface area contributed by atoms with Crippen molar-refractivity contribution >= 4 is 23.4 Å². The summed E-state index contributed by atoms with van der Waals surface area (Å²) >= 11 is 7.54. The van der Waals surface area contributed by atoms with Crippen LogP contribution in [0, 0.1) is 0 Å². The third kappa shape index (κ3) is 3.04. The molecule has 0 aromatic carbocycles. The third-order valence-electron chi connectivity index (χ3n) is 0.874. The number of rotatable bonds is 0. The summed E-state index contributed by atoms with van der Waals surface area (Å²) in [5.74, 6) is 1.27. The van der Waals surface area contributed by atoms with Crippen LogP contribution in [0.25, 0.3) is 0 Å². The number of alkyl halides is 1. The van der Waals surface area contributed by atoms with Crippen molar-refractivity contribution in [3.05, 3.63) is 0 Å². The van der Waals surface area contributed by atoms with Crippen LogP contribution in [-0.4, -0.2) is 10.5 Å². The summed E-state index contributed by atoms with van der Waals surface area (Å²) in [4.78, 5) is 0. The normalized spacial score (nSPS) is 29.6. The van der Waals surface area contributed by atoms with Crippen LogP contribution in [0.4, 0.5) is 0 Å². The minimum absolute atomic E-state index is 0. The third-order valence-corrected chi connectivity index (χ3v) is 2.59. The zero-order valence-corrected chi connectivity index (χ0v) is 7.53. The van der Waals surface area contributed by atoms with Gasteiger partial charge in [0.05, 0.1) is 4.71 Å². The van der Waals surface area contributed by atoms with Gasteiger partial charge < -0.3 is 0 Å². The van der Waals surface area contributed by atoms with Crippen LogP contribution in [0.1, 0.15) is 12.8 Å². The van der Waals surface area contributed by atoms with E-state index in [9.17, 15) is 0 Å². The Morgan fingerprint density at radius 1 is 1.57 bits per heavy atom. The van der Waals surface area contributed by atoms with E-state index in [-0.39, 0.29) is 22.4 Å². The Kier molecular flexibility index (Phi) is 5.12. The maximum Gasteiger partial charge on any atom is 1.00 e. The number of hydrogen-bond acceptors (Lipinski definition) is 1.